The number of carbonyl (C=O) groups is 2. The second-order valence-corrected chi connectivity index (χ2v) is 10.5. The molecule has 1 saturated heterocycles. The minimum Gasteiger partial charge on any atom is -0.368 e. The van der Waals surface area contributed by atoms with Gasteiger partial charge in [0.15, 0.2) is 11.5 Å². The molecule has 6 rings (SSSR count). The molecular formula is C32H35N5O2. The van der Waals surface area contributed by atoms with Crippen molar-refractivity contribution in [3.63, 3.8) is 0 Å². The topological polar surface area (TPSA) is 61.7 Å². The number of piperazine rings is 1. The SMILES string of the molecule is CCc1ccccc1N1CCN(C(=O)c2c(N(C)C(=O)c3cccc4ccccc34)nc3n2CCCC3)CC1. The summed E-state index contributed by atoms with van der Waals surface area (Å²) in [4.78, 5) is 38.7. The number of rotatable bonds is 5. The Morgan fingerprint density at radius 1 is 0.872 bits per heavy atom. The highest BCUT2D eigenvalue weighted by Crippen LogP contribution is 2.30. The Bertz CT molecular complexity index is 1530. The zero-order chi connectivity index (χ0) is 26.9. The van der Waals surface area contributed by atoms with E-state index in [0.29, 0.717) is 30.2 Å². The number of aromatic nitrogens is 2. The Hall–Kier alpha value is -4.13. The van der Waals surface area contributed by atoms with E-state index in [0.717, 1.165) is 61.9 Å². The third kappa shape index (κ3) is 4.56. The summed E-state index contributed by atoms with van der Waals surface area (Å²) in [7, 11) is 1.74. The second-order valence-electron chi connectivity index (χ2n) is 10.5. The minimum atomic E-state index is -0.155. The fourth-order valence-electron chi connectivity index (χ4n) is 6.02. The quantitative estimate of drug-likeness (QED) is 0.363. The van der Waals surface area contributed by atoms with Gasteiger partial charge in [0, 0.05) is 57.4 Å². The number of amides is 2. The number of aryl methyl sites for hydroxylation is 2. The van der Waals surface area contributed by atoms with Crippen LogP contribution in [-0.4, -0.2) is 59.5 Å². The lowest BCUT2D eigenvalue weighted by atomic mass is 10.0. The van der Waals surface area contributed by atoms with Crippen molar-refractivity contribution in [2.75, 3.05) is 43.0 Å². The smallest absolute Gasteiger partial charge is 0.274 e. The van der Waals surface area contributed by atoms with Crippen LogP contribution >= 0.6 is 0 Å². The van der Waals surface area contributed by atoms with Gasteiger partial charge in [0.25, 0.3) is 11.8 Å². The van der Waals surface area contributed by atoms with E-state index in [9.17, 15) is 9.59 Å². The van der Waals surface area contributed by atoms with E-state index in [1.54, 1.807) is 11.9 Å². The molecule has 0 bridgehead atoms. The number of imidazole rings is 1. The van der Waals surface area contributed by atoms with Gasteiger partial charge in [0.2, 0.25) is 0 Å². The highest BCUT2D eigenvalue weighted by Gasteiger charge is 2.33. The van der Waals surface area contributed by atoms with E-state index in [-0.39, 0.29) is 11.8 Å². The Balaban J connectivity index is 1.29. The molecule has 7 heteroatoms. The van der Waals surface area contributed by atoms with Gasteiger partial charge in [-0.3, -0.25) is 14.5 Å². The van der Waals surface area contributed by atoms with E-state index in [2.05, 4.69) is 40.7 Å². The van der Waals surface area contributed by atoms with E-state index in [1.165, 1.54) is 11.3 Å². The maximum absolute atomic E-state index is 14.1. The lowest BCUT2D eigenvalue weighted by molar-refractivity contribution is 0.0735. The lowest BCUT2D eigenvalue weighted by Crippen LogP contribution is -2.49. The first kappa shape index (κ1) is 25.2. The predicted molar refractivity (Wildman–Crippen MR) is 156 cm³/mol. The molecule has 200 valence electrons. The van der Waals surface area contributed by atoms with E-state index in [1.807, 2.05) is 47.4 Å². The molecule has 2 amide bonds. The summed E-state index contributed by atoms with van der Waals surface area (Å²) in [6, 6.07) is 22.2. The summed E-state index contributed by atoms with van der Waals surface area (Å²) in [5.74, 6) is 1.17. The molecule has 1 aromatic heterocycles. The number of anilines is 2. The van der Waals surface area contributed by atoms with E-state index >= 15 is 0 Å². The molecule has 7 nitrogen and oxygen atoms in total. The number of nitrogens with zero attached hydrogens (tertiary/aromatic N) is 5. The maximum atomic E-state index is 14.1. The van der Waals surface area contributed by atoms with Crippen LogP contribution in [0.15, 0.2) is 66.7 Å². The number of fused-ring (bicyclic) bond motifs is 2. The van der Waals surface area contributed by atoms with Crippen LogP contribution in [0.4, 0.5) is 11.5 Å². The van der Waals surface area contributed by atoms with Crippen LogP contribution in [0.1, 0.15) is 52.0 Å². The minimum absolute atomic E-state index is 0.0355. The summed E-state index contributed by atoms with van der Waals surface area (Å²) >= 11 is 0. The fraction of sp³-hybridized carbons (Fsp3) is 0.344. The van der Waals surface area contributed by atoms with Crippen molar-refractivity contribution < 1.29 is 9.59 Å². The molecule has 0 radical (unpaired) electrons. The normalized spacial score (nSPS) is 15.3. The average molecular weight is 522 g/mol. The largest absolute Gasteiger partial charge is 0.368 e. The number of hydrogen-bond donors (Lipinski definition) is 0. The average Bonchev–Trinajstić information content (AvgIpc) is 3.39. The van der Waals surface area contributed by atoms with Crippen molar-refractivity contribution in [3.05, 3.63) is 89.4 Å². The molecule has 2 aliphatic heterocycles. The van der Waals surface area contributed by atoms with Crippen molar-refractivity contribution in [2.24, 2.45) is 0 Å². The van der Waals surface area contributed by atoms with Gasteiger partial charge in [0.1, 0.15) is 5.82 Å². The van der Waals surface area contributed by atoms with Gasteiger partial charge in [-0.2, -0.15) is 0 Å². The molecule has 4 aromatic rings. The van der Waals surface area contributed by atoms with Crippen LogP contribution in [0.3, 0.4) is 0 Å². The first-order valence-electron chi connectivity index (χ1n) is 14.0. The van der Waals surface area contributed by atoms with Crippen molar-refractivity contribution in [2.45, 2.75) is 39.2 Å². The van der Waals surface area contributed by atoms with Crippen molar-refractivity contribution in [3.8, 4) is 0 Å². The maximum Gasteiger partial charge on any atom is 0.274 e. The number of carbonyl (C=O) groups excluding carboxylic acids is 2. The fourth-order valence-corrected chi connectivity index (χ4v) is 6.02. The number of hydrogen-bond acceptors (Lipinski definition) is 4. The molecule has 0 unspecified atom stereocenters. The zero-order valence-corrected chi connectivity index (χ0v) is 22.8. The molecule has 0 aliphatic carbocycles. The summed E-state index contributed by atoms with van der Waals surface area (Å²) in [5.41, 5.74) is 3.75. The van der Waals surface area contributed by atoms with Gasteiger partial charge >= 0.3 is 0 Å². The van der Waals surface area contributed by atoms with Gasteiger partial charge in [-0.15, -0.1) is 0 Å². The van der Waals surface area contributed by atoms with Gasteiger partial charge in [-0.25, -0.2) is 4.98 Å². The molecular weight excluding hydrogens is 486 g/mol. The number of para-hydroxylation sites is 1. The molecule has 3 heterocycles. The van der Waals surface area contributed by atoms with Crippen molar-refractivity contribution in [1.29, 1.82) is 0 Å². The summed E-state index contributed by atoms with van der Waals surface area (Å²) < 4.78 is 2.06. The Kier molecular flexibility index (Phi) is 6.81. The first-order chi connectivity index (χ1) is 19.1. The van der Waals surface area contributed by atoms with Gasteiger partial charge in [-0.05, 0) is 47.7 Å². The highest BCUT2D eigenvalue weighted by atomic mass is 16.2. The molecule has 1 fully saturated rings. The van der Waals surface area contributed by atoms with Crippen LogP contribution in [-0.2, 0) is 19.4 Å². The molecule has 2 aliphatic rings. The van der Waals surface area contributed by atoms with Crippen LogP contribution < -0.4 is 9.80 Å². The standard InChI is InChI=1S/C32H35N5O2/c1-3-23-11-5-7-16-27(23)35-19-21-36(22-20-35)32(39)29-30(33-28-17-8-9-18-37(28)29)34(2)31(38)26-15-10-13-24-12-4-6-14-25(24)26/h4-7,10-16H,3,8-9,17-22H2,1-2H3. The van der Waals surface area contributed by atoms with E-state index in [4.69, 9.17) is 4.98 Å². The van der Waals surface area contributed by atoms with E-state index < -0.39 is 0 Å². The second kappa shape index (κ2) is 10.6. The van der Waals surface area contributed by atoms with Crippen LogP contribution in [0, 0.1) is 0 Å². The molecule has 3 aromatic carbocycles. The van der Waals surface area contributed by atoms with Gasteiger partial charge < -0.3 is 14.4 Å². The van der Waals surface area contributed by atoms with Crippen LogP contribution in [0.25, 0.3) is 10.8 Å². The van der Waals surface area contributed by atoms with Crippen molar-refractivity contribution in [1.82, 2.24) is 14.5 Å². The third-order valence-corrected chi connectivity index (χ3v) is 8.19. The molecule has 0 saturated carbocycles. The molecule has 0 N–H and O–H groups in total. The first-order valence-corrected chi connectivity index (χ1v) is 14.0. The Morgan fingerprint density at radius 2 is 1.62 bits per heavy atom. The molecule has 0 spiro atoms. The lowest BCUT2D eigenvalue weighted by Gasteiger charge is -2.37. The monoisotopic (exact) mass is 521 g/mol. The summed E-state index contributed by atoms with van der Waals surface area (Å²) in [6.45, 7) is 5.77. The third-order valence-electron chi connectivity index (χ3n) is 8.19. The van der Waals surface area contributed by atoms with Crippen molar-refractivity contribution >= 4 is 34.1 Å². The Morgan fingerprint density at radius 3 is 2.44 bits per heavy atom. The summed E-state index contributed by atoms with van der Waals surface area (Å²) in [5, 5.41) is 1.91. The zero-order valence-electron chi connectivity index (χ0n) is 22.8. The number of benzene rings is 3. The van der Waals surface area contributed by atoms with Crippen LogP contribution in [0.5, 0.6) is 0 Å². The highest BCUT2D eigenvalue weighted by molar-refractivity contribution is 6.15. The predicted octanol–water partition coefficient (Wildman–Crippen LogP) is 5.17. The van der Waals surface area contributed by atoms with Crippen LogP contribution in [0.2, 0.25) is 0 Å². The van der Waals surface area contributed by atoms with Gasteiger partial charge in [0.05, 0.1) is 0 Å². The van der Waals surface area contributed by atoms with Gasteiger partial charge in [-0.1, -0.05) is 61.5 Å². The Labute approximate surface area is 229 Å². The molecule has 39 heavy (non-hydrogen) atoms. The summed E-state index contributed by atoms with van der Waals surface area (Å²) in [6.07, 6.45) is 3.85. The molecule has 0 atom stereocenters.